The van der Waals surface area contributed by atoms with E-state index in [2.05, 4.69) is 5.32 Å². The van der Waals surface area contributed by atoms with E-state index in [0.29, 0.717) is 23.4 Å². The summed E-state index contributed by atoms with van der Waals surface area (Å²) in [7, 11) is 0. The van der Waals surface area contributed by atoms with Crippen molar-refractivity contribution in [1.82, 2.24) is 4.90 Å². The summed E-state index contributed by atoms with van der Waals surface area (Å²) in [6.07, 6.45) is 3.59. The van der Waals surface area contributed by atoms with Crippen molar-refractivity contribution in [2.75, 3.05) is 30.8 Å². The van der Waals surface area contributed by atoms with Crippen LogP contribution in [0.4, 0.5) is 5.69 Å². The van der Waals surface area contributed by atoms with Crippen molar-refractivity contribution in [2.24, 2.45) is 0 Å². The van der Waals surface area contributed by atoms with Crippen LogP contribution in [0.3, 0.4) is 0 Å². The van der Waals surface area contributed by atoms with Crippen molar-refractivity contribution in [3.8, 4) is 0 Å². The summed E-state index contributed by atoms with van der Waals surface area (Å²) in [5.41, 5.74) is 0.960. The minimum Gasteiger partial charge on any atom is -0.452 e. The van der Waals surface area contributed by atoms with Gasteiger partial charge in [-0.3, -0.25) is 9.59 Å². The van der Waals surface area contributed by atoms with Crippen LogP contribution in [-0.2, 0) is 14.3 Å². The summed E-state index contributed by atoms with van der Waals surface area (Å²) in [6.45, 7) is 1.23. The molecule has 1 N–H and O–H groups in total. The lowest BCUT2D eigenvalue weighted by molar-refractivity contribution is -0.135. The maximum Gasteiger partial charge on any atom is 0.338 e. The largest absolute Gasteiger partial charge is 0.452 e. The van der Waals surface area contributed by atoms with Gasteiger partial charge >= 0.3 is 5.97 Å². The molecule has 0 aromatic heterocycles. The molecule has 1 saturated heterocycles. The molecule has 2 aliphatic rings. The number of esters is 1. The van der Waals surface area contributed by atoms with Crippen molar-refractivity contribution in [3.63, 3.8) is 0 Å². The van der Waals surface area contributed by atoms with Crippen LogP contribution in [0.5, 0.6) is 0 Å². The number of hydrogen-bond donors (Lipinski definition) is 1. The highest BCUT2D eigenvalue weighted by Crippen LogP contribution is 2.31. The first kappa shape index (κ1) is 16.8. The van der Waals surface area contributed by atoms with Gasteiger partial charge in [0.15, 0.2) is 6.61 Å². The first-order valence-electron chi connectivity index (χ1n) is 8.15. The number of piperidine rings is 1. The molecule has 1 aromatic rings. The van der Waals surface area contributed by atoms with Crippen molar-refractivity contribution < 1.29 is 19.1 Å². The molecule has 2 aliphatic heterocycles. The molecule has 0 radical (unpaired) electrons. The zero-order valence-electron chi connectivity index (χ0n) is 13.4. The quantitative estimate of drug-likeness (QED) is 0.848. The predicted octanol–water partition coefficient (Wildman–Crippen LogP) is 2.29. The van der Waals surface area contributed by atoms with Crippen LogP contribution in [-0.4, -0.2) is 48.1 Å². The Balaban J connectivity index is 1.60. The van der Waals surface area contributed by atoms with Crippen LogP contribution >= 0.6 is 11.8 Å². The van der Waals surface area contributed by atoms with Gasteiger partial charge in [-0.05, 0) is 37.5 Å². The Morgan fingerprint density at radius 3 is 2.79 bits per heavy atom. The third kappa shape index (κ3) is 4.08. The van der Waals surface area contributed by atoms with Gasteiger partial charge < -0.3 is 15.0 Å². The molecule has 6 nitrogen and oxygen atoms in total. The highest BCUT2D eigenvalue weighted by Gasteiger charge is 2.20. The van der Waals surface area contributed by atoms with Crippen LogP contribution in [0.25, 0.3) is 0 Å². The van der Waals surface area contributed by atoms with E-state index in [-0.39, 0.29) is 18.4 Å². The molecule has 0 aliphatic carbocycles. The minimum atomic E-state index is -0.549. The van der Waals surface area contributed by atoms with Crippen LogP contribution in [0.15, 0.2) is 23.1 Å². The topological polar surface area (TPSA) is 75.7 Å². The fraction of sp³-hybridized carbons (Fsp3) is 0.471. The van der Waals surface area contributed by atoms with E-state index in [1.54, 1.807) is 34.9 Å². The van der Waals surface area contributed by atoms with Crippen molar-refractivity contribution in [3.05, 3.63) is 23.8 Å². The Morgan fingerprint density at radius 1 is 1.21 bits per heavy atom. The lowest BCUT2D eigenvalue weighted by Crippen LogP contribution is -2.38. The number of fused-ring (bicyclic) bond motifs is 1. The molecule has 1 aromatic carbocycles. The summed E-state index contributed by atoms with van der Waals surface area (Å²) in [6, 6.07) is 5.07. The average molecular weight is 348 g/mol. The van der Waals surface area contributed by atoms with Gasteiger partial charge in [-0.1, -0.05) is 0 Å². The number of nitrogens with zero attached hydrogens (tertiary/aromatic N) is 1. The van der Waals surface area contributed by atoms with E-state index in [4.69, 9.17) is 4.74 Å². The number of rotatable bonds is 3. The van der Waals surface area contributed by atoms with E-state index < -0.39 is 5.97 Å². The lowest BCUT2D eigenvalue weighted by Gasteiger charge is -2.26. The molecular formula is C17H20N2O4S. The fourth-order valence-corrected chi connectivity index (χ4v) is 3.73. The first-order chi connectivity index (χ1) is 11.6. The van der Waals surface area contributed by atoms with Crippen molar-refractivity contribution in [1.29, 1.82) is 0 Å². The summed E-state index contributed by atoms with van der Waals surface area (Å²) in [5, 5.41) is 2.79. The molecule has 0 unspecified atom stereocenters. The molecule has 3 rings (SSSR count). The molecule has 2 heterocycles. The third-order valence-corrected chi connectivity index (χ3v) is 5.19. The molecule has 7 heteroatoms. The van der Waals surface area contributed by atoms with E-state index in [9.17, 15) is 14.4 Å². The van der Waals surface area contributed by atoms with Crippen LogP contribution in [0.1, 0.15) is 36.0 Å². The Morgan fingerprint density at radius 2 is 2.00 bits per heavy atom. The maximum absolute atomic E-state index is 12.2. The van der Waals surface area contributed by atoms with Gasteiger partial charge in [0, 0.05) is 30.2 Å². The van der Waals surface area contributed by atoms with E-state index in [0.717, 1.165) is 37.2 Å². The second kappa shape index (κ2) is 7.70. The Kier molecular flexibility index (Phi) is 5.40. The number of likely N-dealkylation sites (tertiary alicyclic amines) is 1. The first-order valence-corrected chi connectivity index (χ1v) is 9.13. The average Bonchev–Trinajstić information content (AvgIpc) is 2.79. The van der Waals surface area contributed by atoms with Gasteiger partial charge in [-0.25, -0.2) is 4.79 Å². The SMILES string of the molecule is O=C1CCSc2ccc(C(=O)OCC(=O)N3CCCCC3)cc2N1. The molecule has 0 bridgehead atoms. The molecule has 0 saturated carbocycles. The van der Waals surface area contributed by atoms with Gasteiger partial charge in [-0.2, -0.15) is 0 Å². The molecule has 0 spiro atoms. The van der Waals surface area contributed by atoms with Crippen LogP contribution in [0.2, 0.25) is 0 Å². The van der Waals surface area contributed by atoms with E-state index >= 15 is 0 Å². The van der Waals surface area contributed by atoms with E-state index in [1.165, 1.54) is 0 Å². The van der Waals surface area contributed by atoms with Gasteiger partial charge in [0.05, 0.1) is 11.3 Å². The number of anilines is 1. The third-order valence-electron chi connectivity index (χ3n) is 4.11. The number of nitrogens with one attached hydrogen (secondary N) is 1. The fourth-order valence-electron chi connectivity index (χ4n) is 2.79. The molecule has 24 heavy (non-hydrogen) atoms. The van der Waals surface area contributed by atoms with Crippen molar-refractivity contribution in [2.45, 2.75) is 30.6 Å². The zero-order chi connectivity index (χ0) is 16.9. The second-order valence-electron chi connectivity index (χ2n) is 5.88. The Bertz CT molecular complexity index is 656. The summed E-state index contributed by atoms with van der Waals surface area (Å²) in [4.78, 5) is 38.5. The van der Waals surface area contributed by atoms with Gasteiger partial charge in [-0.15, -0.1) is 11.8 Å². The lowest BCUT2D eigenvalue weighted by atomic mass is 10.1. The highest BCUT2D eigenvalue weighted by molar-refractivity contribution is 7.99. The normalized spacial score (nSPS) is 17.5. The molecule has 1 fully saturated rings. The Labute approximate surface area is 144 Å². The minimum absolute atomic E-state index is 0.0629. The van der Waals surface area contributed by atoms with E-state index in [1.807, 2.05) is 0 Å². The summed E-state index contributed by atoms with van der Waals surface area (Å²) < 4.78 is 5.14. The van der Waals surface area contributed by atoms with Gasteiger partial charge in [0.2, 0.25) is 5.91 Å². The number of carbonyl (C=O) groups is 3. The number of amides is 2. The molecule has 2 amide bonds. The predicted molar refractivity (Wildman–Crippen MR) is 91.1 cm³/mol. The smallest absolute Gasteiger partial charge is 0.338 e. The Hall–Kier alpha value is -2.02. The zero-order valence-corrected chi connectivity index (χ0v) is 14.2. The maximum atomic E-state index is 12.2. The standard InChI is InChI=1S/C17H20N2O4S/c20-15-6-9-24-14-5-4-12(10-13(14)18-15)17(22)23-11-16(21)19-7-2-1-3-8-19/h4-5,10H,1-3,6-9,11H2,(H,18,20). The van der Waals surface area contributed by atoms with Gasteiger partial charge in [0.25, 0.3) is 5.91 Å². The van der Waals surface area contributed by atoms with Gasteiger partial charge in [0.1, 0.15) is 0 Å². The second-order valence-corrected chi connectivity index (χ2v) is 7.01. The monoisotopic (exact) mass is 348 g/mol. The highest BCUT2D eigenvalue weighted by atomic mass is 32.2. The number of ether oxygens (including phenoxy) is 1. The summed E-state index contributed by atoms with van der Waals surface area (Å²) >= 11 is 1.57. The van der Waals surface area contributed by atoms with Crippen LogP contribution in [0, 0.1) is 0 Å². The summed E-state index contributed by atoms with van der Waals surface area (Å²) in [5.74, 6) is -0.0483. The molecule has 0 atom stereocenters. The molecule has 128 valence electrons. The number of benzene rings is 1. The number of hydrogen-bond acceptors (Lipinski definition) is 5. The molecular weight excluding hydrogens is 328 g/mol. The number of thioether (sulfide) groups is 1. The van der Waals surface area contributed by atoms with Crippen molar-refractivity contribution >= 4 is 35.2 Å². The number of carbonyl (C=O) groups excluding carboxylic acids is 3. The van der Waals surface area contributed by atoms with Crippen LogP contribution < -0.4 is 5.32 Å².